The Hall–Kier alpha value is -4.37. The number of esters is 1. The van der Waals surface area contributed by atoms with E-state index < -0.39 is 5.97 Å². The normalized spacial score (nSPS) is 10.6. The number of carbonyl (C=O) groups excluding carboxylic acids is 2. The fraction of sp³-hybridized carbons (Fsp3) is 0.179. The molecule has 0 fully saturated rings. The maximum absolute atomic E-state index is 12.2. The molecule has 0 saturated heterocycles. The van der Waals surface area contributed by atoms with Gasteiger partial charge in [0.25, 0.3) is 5.91 Å². The molecule has 3 aromatic rings. The molecule has 0 bridgehead atoms. The molecule has 0 atom stereocenters. The number of nitriles is 1. The highest BCUT2D eigenvalue weighted by molar-refractivity contribution is 5.89. The van der Waals surface area contributed by atoms with Crippen molar-refractivity contribution in [2.45, 2.75) is 12.3 Å². The first-order valence-electron chi connectivity index (χ1n) is 11.0. The molecule has 0 radical (unpaired) electrons. The summed E-state index contributed by atoms with van der Waals surface area (Å²) in [4.78, 5) is 24.1. The zero-order valence-electron chi connectivity index (χ0n) is 18.7. The number of hydrogen-bond acceptors (Lipinski definition) is 5. The molecule has 0 aliphatic heterocycles. The van der Waals surface area contributed by atoms with Crippen molar-refractivity contribution in [3.8, 4) is 11.8 Å². The quantitative estimate of drug-likeness (QED) is 0.341. The lowest BCUT2D eigenvalue weighted by atomic mass is 9.88. The molecule has 3 aromatic carbocycles. The molecule has 34 heavy (non-hydrogen) atoms. The number of hydrogen-bond donors (Lipinski definition) is 1. The van der Waals surface area contributed by atoms with Crippen LogP contribution in [-0.4, -0.2) is 31.6 Å². The predicted octanol–water partition coefficient (Wildman–Crippen LogP) is 4.48. The van der Waals surface area contributed by atoms with Crippen molar-refractivity contribution in [2.75, 3.05) is 19.8 Å². The minimum absolute atomic E-state index is 0.0251. The molecular weight excluding hydrogens is 428 g/mol. The molecule has 172 valence electrons. The summed E-state index contributed by atoms with van der Waals surface area (Å²) in [7, 11) is 0. The van der Waals surface area contributed by atoms with Crippen LogP contribution in [0.5, 0.6) is 5.75 Å². The van der Waals surface area contributed by atoms with Gasteiger partial charge in [-0.1, -0.05) is 72.8 Å². The first-order valence-corrected chi connectivity index (χ1v) is 11.0. The third kappa shape index (κ3) is 7.95. The number of rotatable bonds is 11. The van der Waals surface area contributed by atoms with Crippen LogP contribution >= 0.6 is 0 Å². The zero-order chi connectivity index (χ0) is 24.0. The molecule has 0 heterocycles. The molecule has 1 amide bonds. The fourth-order valence-corrected chi connectivity index (χ4v) is 3.44. The van der Waals surface area contributed by atoms with Crippen LogP contribution in [0.1, 0.15) is 29.0 Å². The number of carbonyl (C=O) groups is 2. The van der Waals surface area contributed by atoms with Gasteiger partial charge in [-0.25, -0.2) is 4.79 Å². The third-order valence-electron chi connectivity index (χ3n) is 5.10. The molecule has 1 N–H and O–H groups in total. The van der Waals surface area contributed by atoms with E-state index in [0.717, 1.165) is 12.0 Å². The first kappa shape index (κ1) is 24.3. The number of benzene rings is 3. The summed E-state index contributed by atoms with van der Waals surface area (Å²) in [5.41, 5.74) is 3.13. The third-order valence-corrected chi connectivity index (χ3v) is 5.10. The number of nitrogens with zero attached hydrogens (tertiary/aromatic N) is 1. The minimum Gasteiger partial charge on any atom is -0.479 e. The van der Waals surface area contributed by atoms with Crippen LogP contribution in [-0.2, 0) is 14.3 Å². The molecule has 0 spiro atoms. The van der Waals surface area contributed by atoms with Crippen LogP contribution in [0, 0.1) is 11.3 Å². The molecule has 0 aromatic heterocycles. The number of ether oxygens (including phenoxy) is 2. The van der Waals surface area contributed by atoms with Crippen molar-refractivity contribution in [3.05, 3.63) is 108 Å². The van der Waals surface area contributed by atoms with Crippen LogP contribution in [0.4, 0.5) is 0 Å². The minimum atomic E-state index is -0.605. The summed E-state index contributed by atoms with van der Waals surface area (Å²) in [6.45, 7) is 0.0924. The van der Waals surface area contributed by atoms with Crippen LogP contribution < -0.4 is 10.1 Å². The lowest BCUT2D eigenvalue weighted by Crippen LogP contribution is -2.30. The van der Waals surface area contributed by atoms with Crippen molar-refractivity contribution >= 4 is 18.0 Å². The predicted molar refractivity (Wildman–Crippen MR) is 130 cm³/mol. The Labute approximate surface area is 199 Å². The Bertz CT molecular complexity index is 1080. The molecule has 0 saturated carbocycles. The van der Waals surface area contributed by atoms with Gasteiger partial charge in [0.1, 0.15) is 11.8 Å². The van der Waals surface area contributed by atoms with Crippen molar-refractivity contribution in [1.29, 1.82) is 5.26 Å². The van der Waals surface area contributed by atoms with Gasteiger partial charge in [0.05, 0.1) is 0 Å². The summed E-state index contributed by atoms with van der Waals surface area (Å²) in [5, 5.41) is 11.3. The van der Waals surface area contributed by atoms with Gasteiger partial charge in [-0.05, 0) is 41.3 Å². The summed E-state index contributed by atoms with van der Waals surface area (Å²) >= 11 is 0. The molecule has 6 nitrogen and oxygen atoms in total. The van der Waals surface area contributed by atoms with E-state index in [1.54, 1.807) is 30.3 Å². The number of nitrogens with one attached hydrogen (secondary N) is 1. The van der Waals surface area contributed by atoms with E-state index in [0.29, 0.717) is 12.3 Å². The van der Waals surface area contributed by atoms with Crippen molar-refractivity contribution in [1.82, 2.24) is 5.32 Å². The monoisotopic (exact) mass is 454 g/mol. The van der Waals surface area contributed by atoms with E-state index in [1.165, 1.54) is 17.2 Å². The van der Waals surface area contributed by atoms with Crippen molar-refractivity contribution in [3.63, 3.8) is 0 Å². The van der Waals surface area contributed by atoms with Gasteiger partial charge in [-0.3, -0.25) is 4.79 Å². The second kappa shape index (κ2) is 13.2. The van der Waals surface area contributed by atoms with E-state index in [9.17, 15) is 9.59 Å². The lowest BCUT2D eigenvalue weighted by Gasteiger charge is -2.18. The Morgan fingerprint density at radius 2 is 1.53 bits per heavy atom. The van der Waals surface area contributed by atoms with Crippen molar-refractivity contribution < 1.29 is 19.1 Å². The smallest absolute Gasteiger partial charge is 0.331 e. The highest BCUT2D eigenvalue weighted by atomic mass is 16.5. The molecule has 0 aliphatic carbocycles. The second-order valence-corrected chi connectivity index (χ2v) is 7.47. The van der Waals surface area contributed by atoms with E-state index in [1.807, 2.05) is 42.5 Å². The van der Waals surface area contributed by atoms with Gasteiger partial charge < -0.3 is 14.8 Å². The Kier molecular flexibility index (Phi) is 9.45. The average Bonchev–Trinajstić information content (AvgIpc) is 2.89. The summed E-state index contributed by atoms with van der Waals surface area (Å²) in [6.07, 6.45) is 3.57. The number of amides is 1. The van der Waals surface area contributed by atoms with E-state index >= 15 is 0 Å². The lowest BCUT2D eigenvalue weighted by molar-refractivity contribution is -0.143. The van der Waals surface area contributed by atoms with E-state index in [-0.39, 0.29) is 25.0 Å². The average molecular weight is 455 g/mol. The van der Waals surface area contributed by atoms with Gasteiger partial charge in [-0.15, -0.1) is 0 Å². The largest absolute Gasteiger partial charge is 0.479 e. The maximum atomic E-state index is 12.2. The summed E-state index contributed by atoms with van der Waals surface area (Å²) in [5.74, 6) is -0.225. The second-order valence-electron chi connectivity index (χ2n) is 7.47. The topological polar surface area (TPSA) is 88.4 Å². The summed E-state index contributed by atoms with van der Waals surface area (Å²) in [6, 6.07) is 29.1. The Morgan fingerprint density at radius 3 is 2.12 bits per heavy atom. The molecule has 6 heteroatoms. The Balaban J connectivity index is 1.43. The SMILES string of the molecule is N#CCOc1ccc(/C=C/C(=O)OCC(=O)NCCC(c2ccccc2)c2ccccc2)cc1. The van der Waals surface area contributed by atoms with E-state index in [4.69, 9.17) is 14.7 Å². The highest BCUT2D eigenvalue weighted by Gasteiger charge is 2.14. The standard InChI is InChI=1S/C28H26N2O4/c29-18-20-33-25-14-11-22(12-15-25)13-16-28(32)34-21-27(31)30-19-17-26(23-7-3-1-4-8-23)24-9-5-2-6-10-24/h1-16,26H,17,19-21H2,(H,30,31)/b16-13+. The fourth-order valence-electron chi connectivity index (χ4n) is 3.44. The molecule has 0 unspecified atom stereocenters. The Morgan fingerprint density at radius 1 is 0.912 bits per heavy atom. The summed E-state index contributed by atoms with van der Waals surface area (Å²) < 4.78 is 10.2. The molecule has 3 rings (SSSR count). The zero-order valence-corrected chi connectivity index (χ0v) is 18.7. The van der Waals surface area contributed by atoms with Gasteiger partial charge in [-0.2, -0.15) is 5.26 Å². The van der Waals surface area contributed by atoms with Crippen LogP contribution in [0.15, 0.2) is 91.0 Å². The molecular formula is C28H26N2O4. The van der Waals surface area contributed by atoms with Gasteiger partial charge >= 0.3 is 5.97 Å². The van der Waals surface area contributed by atoms with Gasteiger partial charge in [0.15, 0.2) is 13.2 Å². The van der Waals surface area contributed by atoms with Crippen LogP contribution in [0.3, 0.4) is 0 Å². The van der Waals surface area contributed by atoms with Crippen molar-refractivity contribution in [2.24, 2.45) is 0 Å². The van der Waals surface area contributed by atoms with Crippen LogP contribution in [0.2, 0.25) is 0 Å². The maximum Gasteiger partial charge on any atom is 0.331 e. The van der Waals surface area contributed by atoms with E-state index in [2.05, 4.69) is 29.6 Å². The molecule has 0 aliphatic rings. The van der Waals surface area contributed by atoms with Gasteiger partial charge in [0, 0.05) is 18.5 Å². The van der Waals surface area contributed by atoms with Gasteiger partial charge in [0.2, 0.25) is 0 Å². The highest BCUT2D eigenvalue weighted by Crippen LogP contribution is 2.27. The first-order chi connectivity index (χ1) is 16.7. The van der Waals surface area contributed by atoms with Crippen LogP contribution in [0.25, 0.3) is 6.08 Å².